The fourth-order valence-corrected chi connectivity index (χ4v) is 2.51. The molecule has 2 atom stereocenters. The SMILES string of the molecule is CCOC(=O)C1=NN[C@]2(C=O)CCCC[C@H]12. The van der Waals surface area contributed by atoms with Crippen molar-refractivity contribution >= 4 is 18.0 Å². The van der Waals surface area contributed by atoms with Gasteiger partial charge >= 0.3 is 5.97 Å². The molecule has 0 spiro atoms. The van der Waals surface area contributed by atoms with Crippen molar-refractivity contribution < 1.29 is 14.3 Å². The Morgan fingerprint density at radius 1 is 1.69 bits per heavy atom. The Morgan fingerprint density at radius 3 is 3.19 bits per heavy atom. The molecule has 0 saturated heterocycles. The van der Waals surface area contributed by atoms with Crippen molar-refractivity contribution in [2.24, 2.45) is 11.0 Å². The van der Waals surface area contributed by atoms with Gasteiger partial charge in [-0.25, -0.2) is 4.79 Å². The van der Waals surface area contributed by atoms with E-state index in [0.29, 0.717) is 12.3 Å². The van der Waals surface area contributed by atoms with E-state index in [9.17, 15) is 9.59 Å². The summed E-state index contributed by atoms with van der Waals surface area (Å²) >= 11 is 0. The number of carbonyl (C=O) groups excluding carboxylic acids is 2. The summed E-state index contributed by atoms with van der Waals surface area (Å²) in [7, 11) is 0. The Bertz CT molecular complexity index is 340. The van der Waals surface area contributed by atoms with E-state index in [1.165, 1.54) is 0 Å². The van der Waals surface area contributed by atoms with Gasteiger partial charge in [-0.3, -0.25) is 5.43 Å². The molecular formula is C11H16N2O3. The van der Waals surface area contributed by atoms with Crippen molar-refractivity contribution in [1.82, 2.24) is 5.43 Å². The predicted octanol–water partition coefficient (Wildman–Crippen LogP) is 0.637. The summed E-state index contributed by atoms with van der Waals surface area (Å²) in [5.74, 6) is -0.511. The molecular weight excluding hydrogens is 208 g/mol. The molecule has 1 N–H and O–H groups in total. The molecule has 2 rings (SSSR count). The highest BCUT2D eigenvalue weighted by atomic mass is 16.5. The van der Waals surface area contributed by atoms with E-state index >= 15 is 0 Å². The molecule has 1 heterocycles. The molecule has 5 heteroatoms. The van der Waals surface area contributed by atoms with Crippen LogP contribution in [0.5, 0.6) is 0 Å². The lowest BCUT2D eigenvalue weighted by Gasteiger charge is -2.33. The molecule has 1 fully saturated rings. The van der Waals surface area contributed by atoms with Gasteiger partial charge in [0, 0.05) is 5.92 Å². The van der Waals surface area contributed by atoms with E-state index in [1.54, 1.807) is 6.92 Å². The van der Waals surface area contributed by atoms with Crippen LogP contribution in [-0.4, -0.2) is 30.1 Å². The molecule has 0 aromatic carbocycles. The maximum atomic E-state index is 11.6. The van der Waals surface area contributed by atoms with Gasteiger partial charge in [0.2, 0.25) is 0 Å². The molecule has 5 nitrogen and oxygen atoms in total. The number of rotatable bonds is 3. The average Bonchev–Trinajstić information content (AvgIpc) is 2.69. The number of esters is 1. The monoisotopic (exact) mass is 224 g/mol. The highest BCUT2D eigenvalue weighted by molar-refractivity contribution is 6.38. The third-order valence-electron chi connectivity index (χ3n) is 3.36. The number of carbonyl (C=O) groups is 2. The maximum Gasteiger partial charge on any atom is 0.354 e. The van der Waals surface area contributed by atoms with E-state index in [-0.39, 0.29) is 5.92 Å². The third kappa shape index (κ3) is 1.60. The number of ether oxygens (including phenoxy) is 1. The minimum Gasteiger partial charge on any atom is -0.461 e. The van der Waals surface area contributed by atoms with Gasteiger partial charge in [-0.2, -0.15) is 5.10 Å². The topological polar surface area (TPSA) is 67.8 Å². The first-order valence-electron chi connectivity index (χ1n) is 5.71. The van der Waals surface area contributed by atoms with E-state index in [1.807, 2.05) is 0 Å². The molecule has 2 aliphatic rings. The van der Waals surface area contributed by atoms with Crippen molar-refractivity contribution in [2.75, 3.05) is 6.61 Å². The zero-order valence-corrected chi connectivity index (χ0v) is 9.36. The van der Waals surface area contributed by atoms with Gasteiger partial charge in [0.05, 0.1) is 6.61 Å². The molecule has 0 amide bonds. The third-order valence-corrected chi connectivity index (χ3v) is 3.36. The number of hydrogen-bond acceptors (Lipinski definition) is 5. The molecule has 1 aliphatic heterocycles. The standard InChI is InChI=1S/C11H16N2O3/c1-2-16-10(15)9-8-5-3-4-6-11(8,7-14)13-12-9/h7-8,13H,2-6H2,1H3/t8-,11+/m1/s1. The highest BCUT2D eigenvalue weighted by Crippen LogP contribution is 2.37. The fraction of sp³-hybridized carbons (Fsp3) is 0.727. The number of hydrogen-bond donors (Lipinski definition) is 1. The maximum absolute atomic E-state index is 11.6. The number of hydrazone groups is 1. The average molecular weight is 224 g/mol. The van der Waals surface area contributed by atoms with Crippen LogP contribution in [0.3, 0.4) is 0 Å². The summed E-state index contributed by atoms with van der Waals surface area (Å²) in [5.41, 5.74) is 2.56. The van der Waals surface area contributed by atoms with Crippen molar-refractivity contribution in [3.05, 3.63) is 0 Å². The highest BCUT2D eigenvalue weighted by Gasteiger charge is 2.49. The summed E-state index contributed by atoms with van der Waals surface area (Å²) in [5, 5.41) is 4.00. The molecule has 0 bridgehead atoms. The molecule has 1 saturated carbocycles. The minimum atomic E-state index is -0.652. The van der Waals surface area contributed by atoms with Crippen LogP contribution in [-0.2, 0) is 14.3 Å². The lowest BCUT2D eigenvalue weighted by Crippen LogP contribution is -2.50. The van der Waals surface area contributed by atoms with Crippen LogP contribution in [0.15, 0.2) is 5.10 Å². The Hall–Kier alpha value is -1.39. The quantitative estimate of drug-likeness (QED) is 0.564. The Kier molecular flexibility index (Phi) is 2.94. The predicted molar refractivity (Wildman–Crippen MR) is 58.0 cm³/mol. The molecule has 0 radical (unpaired) electrons. The van der Waals surface area contributed by atoms with E-state index < -0.39 is 11.5 Å². The van der Waals surface area contributed by atoms with E-state index in [2.05, 4.69) is 10.5 Å². The van der Waals surface area contributed by atoms with Crippen LogP contribution in [0.2, 0.25) is 0 Å². The number of aldehydes is 1. The first-order chi connectivity index (χ1) is 7.73. The van der Waals surface area contributed by atoms with E-state index in [0.717, 1.165) is 32.0 Å². The summed E-state index contributed by atoms with van der Waals surface area (Å²) in [6, 6.07) is 0. The van der Waals surface area contributed by atoms with Crippen LogP contribution in [0.25, 0.3) is 0 Å². The Balaban J connectivity index is 2.18. The van der Waals surface area contributed by atoms with Crippen molar-refractivity contribution in [3.8, 4) is 0 Å². The van der Waals surface area contributed by atoms with Crippen molar-refractivity contribution in [3.63, 3.8) is 0 Å². The van der Waals surface area contributed by atoms with Crippen LogP contribution < -0.4 is 5.43 Å². The summed E-state index contributed by atoms with van der Waals surface area (Å²) < 4.78 is 4.94. The first kappa shape index (κ1) is 11.1. The second-order valence-electron chi connectivity index (χ2n) is 4.29. The molecule has 0 aromatic heterocycles. The molecule has 1 aliphatic carbocycles. The van der Waals surface area contributed by atoms with Crippen LogP contribution >= 0.6 is 0 Å². The number of nitrogens with zero attached hydrogens (tertiary/aromatic N) is 1. The molecule has 88 valence electrons. The Morgan fingerprint density at radius 2 is 2.50 bits per heavy atom. The molecule has 0 unspecified atom stereocenters. The van der Waals surface area contributed by atoms with Gasteiger partial charge in [-0.1, -0.05) is 12.8 Å². The zero-order chi connectivity index (χ0) is 11.6. The number of nitrogens with one attached hydrogen (secondary N) is 1. The van der Waals surface area contributed by atoms with Gasteiger partial charge in [0.25, 0.3) is 0 Å². The van der Waals surface area contributed by atoms with Gasteiger partial charge in [-0.15, -0.1) is 0 Å². The normalized spacial score (nSPS) is 32.3. The molecule has 16 heavy (non-hydrogen) atoms. The largest absolute Gasteiger partial charge is 0.461 e. The lowest BCUT2D eigenvalue weighted by atomic mass is 9.72. The van der Waals surface area contributed by atoms with Gasteiger partial charge < -0.3 is 9.53 Å². The summed E-state index contributed by atoms with van der Waals surface area (Å²) in [6.45, 7) is 2.09. The van der Waals surface area contributed by atoms with Crippen LogP contribution in [0.1, 0.15) is 32.6 Å². The van der Waals surface area contributed by atoms with Crippen LogP contribution in [0.4, 0.5) is 0 Å². The zero-order valence-electron chi connectivity index (χ0n) is 9.36. The second-order valence-corrected chi connectivity index (χ2v) is 4.29. The van der Waals surface area contributed by atoms with Gasteiger partial charge in [0.1, 0.15) is 11.8 Å². The van der Waals surface area contributed by atoms with Gasteiger partial charge in [0.15, 0.2) is 5.71 Å². The summed E-state index contributed by atoms with van der Waals surface area (Å²) in [4.78, 5) is 22.9. The van der Waals surface area contributed by atoms with Crippen LogP contribution in [0, 0.1) is 5.92 Å². The van der Waals surface area contributed by atoms with E-state index in [4.69, 9.17) is 4.74 Å². The smallest absolute Gasteiger partial charge is 0.354 e. The van der Waals surface area contributed by atoms with Gasteiger partial charge in [-0.05, 0) is 19.8 Å². The lowest BCUT2D eigenvalue weighted by molar-refractivity contribution is -0.135. The molecule has 0 aromatic rings. The fourth-order valence-electron chi connectivity index (χ4n) is 2.51. The minimum absolute atomic E-state index is 0.113. The summed E-state index contributed by atoms with van der Waals surface area (Å²) in [6.07, 6.45) is 4.48. The second kappa shape index (κ2) is 4.23. The van der Waals surface area contributed by atoms with Crippen molar-refractivity contribution in [1.29, 1.82) is 0 Å². The first-order valence-corrected chi connectivity index (χ1v) is 5.71. The van der Waals surface area contributed by atoms with Crippen molar-refractivity contribution in [2.45, 2.75) is 38.1 Å². The Labute approximate surface area is 94.2 Å². The number of fused-ring (bicyclic) bond motifs is 1.